The van der Waals surface area contributed by atoms with Crippen LogP contribution in [-0.4, -0.2) is 9.20 Å². The van der Waals surface area contributed by atoms with Crippen LogP contribution in [0, 0.1) is 5.92 Å². The summed E-state index contributed by atoms with van der Waals surface area (Å²) in [5, 5.41) is 0. The fraction of sp³-hybridized carbons (Fsp3) is 0.857. The minimum Gasteiger partial charge on any atom is -0.298 e. The molecule has 0 radical (unpaired) electrons. The standard InChI is InChI=1S/C7H9IO/c8-7-2-1-5(4-7)3-6(7)9/h5H,1-4H2. The summed E-state index contributed by atoms with van der Waals surface area (Å²) in [7, 11) is 0. The third kappa shape index (κ3) is 0.751. The van der Waals surface area contributed by atoms with Crippen LogP contribution in [-0.2, 0) is 4.79 Å². The molecule has 2 unspecified atom stereocenters. The van der Waals surface area contributed by atoms with Crippen molar-refractivity contribution in [2.24, 2.45) is 5.92 Å². The Balaban J connectivity index is 2.32. The minimum absolute atomic E-state index is 0.0996. The molecule has 2 rings (SSSR count). The largest absolute Gasteiger partial charge is 0.298 e. The van der Waals surface area contributed by atoms with Gasteiger partial charge in [0.05, 0.1) is 3.42 Å². The van der Waals surface area contributed by atoms with Crippen LogP contribution in [0.5, 0.6) is 0 Å². The van der Waals surface area contributed by atoms with Gasteiger partial charge in [0.15, 0.2) is 0 Å². The Hall–Kier alpha value is 0.400. The van der Waals surface area contributed by atoms with Gasteiger partial charge in [-0.3, -0.25) is 4.79 Å². The lowest BCUT2D eigenvalue weighted by molar-refractivity contribution is -0.120. The summed E-state index contributed by atoms with van der Waals surface area (Å²) in [6.45, 7) is 0. The van der Waals surface area contributed by atoms with E-state index in [2.05, 4.69) is 22.6 Å². The monoisotopic (exact) mass is 236 g/mol. The van der Waals surface area contributed by atoms with E-state index in [-0.39, 0.29) is 3.42 Å². The number of carbonyl (C=O) groups is 1. The fourth-order valence-corrected chi connectivity index (χ4v) is 3.12. The molecule has 0 aliphatic heterocycles. The molecule has 0 aromatic rings. The highest BCUT2D eigenvalue weighted by molar-refractivity contribution is 14.1. The first-order chi connectivity index (χ1) is 4.21. The summed E-state index contributed by atoms with van der Waals surface area (Å²) < 4.78 is 0.0996. The average molecular weight is 236 g/mol. The molecule has 0 heterocycles. The summed E-state index contributed by atoms with van der Waals surface area (Å²) in [5.41, 5.74) is 0. The van der Waals surface area contributed by atoms with Crippen LogP contribution in [0.25, 0.3) is 0 Å². The third-order valence-corrected chi connectivity index (χ3v) is 4.12. The SMILES string of the molecule is O=C1CC2CCC1(I)C2. The minimum atomic E-state index is 0.0996. The Labute approximate surface area is 68.3 Å². The molecule has 9 heavy (non-hydrogen) atoms. The number of ketones is 1. The van der Waals surface area contributed by atoms with Gasteiger partial charge in [-0.15, -0.1) is 0 Å². The van der Waals surface area contributed by atoms with Crippen LogP contribution in [0.2, 0.25) is 0 Å². The Morgan fingerprint density at radius 3 is 2.67 bits per heavy atom. The van der Waals surface area contributed by atoms with Crippen molar-refractivity contribution < 1.29 is 4.79 Å². The molecule has 2 heteroatoms. The Bertz CT molecular complexity index is 166. The van der Waals surface area contributed by atoms with E-state index < -0.39 is 0 Å². The maximum atomic E-state index is 11.2. The first kappa shape index (κ1) is 6.13. The van der Waals surface area contributed by atoms with Crippen LogP contribution in [0.4, 0.5) is 0 Å². The van der Waals surface area contributed by atoms with Crippen molar-refractivity contribution in [2.45, 2.75) is 29.1 Å². The van der Waals surface area contributed by atoms with Gasteiger partial charge in [-0.1, -0.05) is 22.6 Å². The molecule has 1 nitrogen and oxygen atoms in total. The molecule has 0 amide bonds. The van der Waals surface area contributed by atoms with Crippen LogP contribution >= 0.6 is 22.6 Å². The van der Waals surface area contributed by atoms with E-state index in [1.807, 2.05) is 0 Å². The zero-order valence-corrected chi connectivity index (χ0v) is 7.35. The van der Waals surface area contributed by atoms with Crippen LogP contribution < -0.4 is 0 Å². The van der Waals surface area contributed by atoms with Gasteiger partial charge in [-0.25, -0.2) is 0 Å². The first-order valence-electron chi connectivity index (χ1n) is 3.43. The normalized spacial score (nSPS) is 48.6. The topological polar surface area (TPSA) is 17.1 Å². The molecule has 0 spiro atoms. The molecule has 50 valence electrons. The Morgan fingerprint density at radius 2 is 2.44 bits per heavy atom. The van der Waals surface area contributed by atoms with Crippen molar-refractivity contribution >= 4 is 28.4 Å². The maximum absolute atomic E-state index is 11.2. The molecule has 0 N–H and O–H groups in total. The van der Waals surface area contributed by atoms with Crippen molar-refractivity contribution in [1.29, 1.82) is 0 Å². The molecule has 2 atom stereocenters. The fourth-order valence-electron chi connectivity index (χ4n) is 1.97. The highest BCUT2D eigenvalue weighted by Crippen LogP contribution is 2.50. The van der Waals surface area contributed by atoms with Gasteiger partial charge in [-0.2, -0.15) is 0 Å². The third-order valence-electron chi connectivity index (χ3n) is 2.53. The van der Waals surface area contributed by atoms with E-state index in [9.17, 15) is 4.79 Å². The molecule has 2 aliphatic carbocycles. The maximum Gasteiger partial charge on any atom is 0.149 e. The van der Waals surface area contributed by atoms with E-state index >= 15 is 0 Å². The quantitative estimate of drug-likeness (QED) is 0.464. The van der Waals surface area contributed by atoms with E-state index in [1.54, 1.807) is 0 Å². The van der Waals surface area contributed by atoms with Gasteiger partial charge < -0.3 is 0 Å². The number of alkyl halides is 1. The molecule has 2 bridgehead atoms. The second-order valence-electron chi connectivity index (χ2n) is 3.20. The number of rotatable bonds is 0. The van der Waals surface area contributed by atoms with E-state index in [1.165, 1.54) is 12.8 Å². The first-order valence-corrected chi connectivity index (χ1v) is 4.51. The molecule has 0 aromatic carbocycles. The summed E-state index contributed by atoms with van der Waals surface area (Å²) in [6.07, 6.45) is 4.50. The van der Waals surface area contributed by atoms with Gasteiger partial charge in [-0.05, 0) is 25.2 Å². The second-order valence-corrected chi connectivity index (χ2v) is 5.27. The average Bonchev–Trinajstić information content (AvgIpc) is 2.22. The summed E-state index contributed by atoms with van der Waals surface area (Å²) >= 11 is 2.35. The zero-order valence-electron chi connectivity index (χ0n) is 5.19. The smallest absolute Gasteiger partial charge is 0.149 e. The Kier molecular flexibility index (Phi) is 1.17. The second kappa shape index (κ2) is 1.71. The van der Waals surface area contributed by atoms with E-state index in [0.29, 0.717) is 5.78 Å². The lowest BCUT2D eigenvalue weighted by Crippen LogP contribution is -2.24. The van der Waals surface area contributed by atoms with Gasteiger partial charge in [0.25, 0.3) is 0 Å². The van der Waals surface area contributed by atoms with Gasteiger partial charge in [0, 0.05) is 6.42 Å². The summed E-state index contributed by atoms with van der Waals surface area (Å²) in [4.78, 5) is 11.2. The summed E-state index contributed by atoms with van der Waals surface area (Å²) in [6, 6.07) is 0. The number of hydrogen-bond donors (Lipinski definition) is 0. The van der Waals surface area contributed by atoms with Gasteiger partial charge >= 0.3 is 0 Å². The Morgan fingerprint density at radius 1 is 1.67 bits per heavy atom. The molecule has 2 fully saturated rings. The van der Waals surface area contributed by atoms with Crippen molar-refractivity contribution in [3.63, 3.8) is 0 Å². The molecule has 2 aliphatic rings. The molecule has 2 saturated carbocycles. The van der Waals surface area contributed by atoms with Crippen LogP contribution in [0.3, 0.4) is 0 Å². The number of hydrogen-bond acceptors (Lipinski definition) is 1. The van der Waals surface area contributed by atoms with E-state index in [0.717, 1.165) is 18.8 Å². The number of Topliss-reactive ketones (excluding diaryl/α,β-unsaturated/α-hetero) is 1. The highest BCUT2D eigenvalue weighted by Gasteiger charge is 2.49. The van der Waals surface area contributed by atoms with Crippen molar-refractivity contribution in [2.75, 3.05) is 0 Å². The van der Waals surface area contributed by atoms with Crippen molar-refractivity contribution in [3.05, 3.63) is 0 Å². The zero-order chi connectivity index (χ0) is 6.48. The molecule has 0 saturated heterocycles. The molecular formula is C7H9IO. The number of fused-ring (bicyclic) bond motifs is 2. The van der Waals surface area contributed by atoms with Crippen molar-refractivity contribution in [3.8, 4) is 0 Å². The lowest BCUT2D eigenvalue weighted by atomic mass is 10.00. The lowest BCUT2D eigenvalue weighted by Gasteiger charge is -2.15. The molecular weight excluding hydrogens is 227 g/mol. The van der Waals surface area contributed by atoms with Crippen molar-refractivity contribution in [1.82, 2.24) is 0 Å². The van der Waals surface area contributed by atoms with E-state index in [4.69, 9.17) is 0 Å². The summed E-state index contributed by atoms with van der Waals surface area (Å²) in [5.74, 6) is 1.27. The molecule has 0 aromatic heterocycles. The number of halogens is 1. The van der Waals surface area contributed by atoms with Crippen LogP contribution in [0.1, 0.15) is 25.7 Å². The highest BCUT2D eigenvalue weighted by atomic mass is 127. The predicted molar refractivity (Wildman–Crippen MR) is 43.7 cm³/mol. The van der Waals surface area contributed by atoms with Gasteiger partial charge in [0.2, 0.25) is 0 Å². The predicted octanol–water partition coefficient (Wildman–Crippen LogP) is 1.93. The van der Waals surface area contributed by atoms with Gasteiger partial charge in [0.1, 0.15) is 5.78 Å². The number of carbonyl (C=O) groups excluding carboxylic acids is 1. The van der Waals surface area contributed by atoms with Crippen LogP contribution in [0.15, 0.2) is 0 Å².